The molecule has 0 aliphatic carbocycles. The zero-order chi connectivity index (χ0) is 17.6. The van der Waals surface area contributed by atoms with Crippen molar-refractivity contribution >= 4 is 17.7 Å². The zero-order valence-electron chi connectivity index (χ0n) is 14.7. The number of benzene rings is 2. The van der Waals surface area contributed by atoms with Crippen LogP contribution in [-0.2, 0) is 11.3 Å². The lowest BCUT2D eigenvalue weighted by Gasteiger charge is -2.25. The molecule has 0 N–H and O–H groups in total. The molecule has 4 nitrogen and oxygen atoms in total. The van der Waals surface area contributed by atoms with Crippen LogP contribution in [0.2, 0.25) is 0 Å². The number of aryl methyl sites for hydroxylation is 1. The van der Waals surface area contributed by atoms with Gasteiger partial charge < -0.3 is 14.4 Å². The van der Waals surface area contributed by atoms with Crippen molar-refractivity contribution in [2.75, 3.05) is 25.5 Å². The molecule has 2 aromatic rings. The molecule has 1 aliphatic heterocycles. The van der Waals surface area contributed by atoms with Crippen LogP contribution in [0.15, 0.2) is 47.4 Å². The second-order valence-electron chi connectivity index (χ2n) is 5.90. The number of para-hydroxylation sites is 1. The number of amides is 1. The third kappa shape index (κ3) is 4.28. The van der Waals surface area contributed by atoms with Gasteiger partial charge in [0, 0.05) is 23.5 Å². The average molecular weight is 357 g/mol. The molecule has 0 spiro atoms. The Labute approximate surface area is 153 Å². The molecule has 2 aromatic carbocycles. The van der Waals surface area contributed by atoms with E-state index in [1.54, 1.807) is 11.8 Å². The molecular formula is C20H23NO3S. The van der Waals surface area contributed by atoms with Gasteiger partial charge in [0.25, 0.3) is 0 Å². The minimum atomic E-state index is 0.130. The Hall–Kier alpha value is -2.14. The van der Waals surface area contributed by atoms with Crippen LogP contribution < -0.4 is 9.47 Å². The van der Waals surface area contributed by atoms with Crippen molar-refractivity contribution in [3.8, 4) is 11.5 Å². The number of carbonyl (C=O) groups excluding carboxylic acids is 1. The highest BCUT2D eigenvalue weighted by Crippen LogP contribution is 2.34. The van der Waals surface area contributed by atoms with Gasteiger partial charge in [0.15, 0.2) is 11.5 Å². The minimum absolute atomic E-state index is 0.130. The quantitative estimate of drug-likeness (QED) is 0.735. The maximum Gasteiger partial charge on any atom is 0.233 e. The van der Waals surface area contributed by atoms with Gasteiger partial charge in [0.05, 0.1) is 5.75 Å². The van der Waals surface area contributed by atoms with Crippen molar-refractivity contribution in [3.63, 3.8) is 0 Å². The summed E-state index contributed by atoms with van der Waals surface area (Å²) in [5.41, 5.74) is 2.19. The largest absolute Gasteiger partial charge is 0.486 e. The lowest BCUT2D eigenvalue weighted by molar-refractivity contribution is -0.128. The van der Waals surface area contributed by atoms with Gasteiger partial charge >= 0.3 is 0 Å². The minimum Gasteiger partial charge on any atom is -0.486 e. The highest BCUT2D eigenvalue weighted by molar-refractivity contribution is 8.00. The van der Waals surface area contributed by atoms with Gasteiger partial charge in [-0.1, -0.05) is 30.3 Å². The topological polar surface area (TPSA) is 38.8 Å². The van der Waals surface area contributed by atoms with Crippen LogP contribution in [0, 0.1) is 6.92 Å². The molecule has 5 heteroatoms. The molecule has 25 heavy (non-hydrogen) atoms. The van der Waals surface area contributed by atoms with Crippen LogP contribution in [-0.4, -0.2) is 36.3 Å². The lowest BCUT2D eigenvalue weighted by Crippen LogP contribution is -2.32. The van der Waals surface area contributed by atoms with E-state index in [4.69, 9.17) is 9.47 Å². The predicted octanol–water partition coefficient (Wildman–Crippen LogP) is 3.91. The normalized spacial score (nSPS) is 12.7. The predicted molar refractivity (Wildman–Crippen MR) is 100 cm³/mol. The second-order valence-corrected chi connectivity index (χ2v) is 6.92. The Morgan fingerprint density at radius 2 is 1.92 bits per heavy atom. The number of carbonyl (C=O) groups is 1. The van der Waals surface area contributed by atoms with Gasteiger partial charge in [-0.3, -0.25) is 4.79 Å². The maximum absolute atomic E-state index is 12.7. The van der Waals surface area contributed by atoms with Crippen LogP contribution in [0.3, 0.4) is 0 Å². The highest BCUT2D eigenvalue weighted by atomic mass is 32.2. The summed E-state index contributed by atoms with van der Waals surface area (Å²) in [6.07, 6.45) is 0. The summed E-state index contributed by atoms with van der Waals surface area (Å²) in [6.45, 7) is 6.39. The van der Waals surface area contributed by atoms with Gasteiger partial charge in [-0.05, 0) is 31.5 Å². The van der Waals surface area contributed by atoms with Crippen LogP contribution in [0.1, 0.15) is 18.1 Å². The van der Waals surface area contributed by atoms with E-state index in [0.29, 0.717) is 32.1 Å². The first-order chi connectivity index (χ1) is 12.2. The third-order valence-electron chi connectivity index (χ3n) is 4.19. The summed E-state index contributed by atoms with van der Waals surface area (Å²) < 4.78 is 11.4. The molecule has 1 aliphatic rings. The number of thioether (sulfide) groups is 1. The fourth-order valence-corrected chi connectivity index (χ4v) is 3.72. The molecule has 0 saturated heterocycles. The van der Waals surface area contributed by atoms with Crippen molar-refractivity contribution in [1.29, 1.82) is 0 Å². The first-order valence-electron chi connectivity index (χ1n) is 8.52. The van der Waals surface area contributed by atoms with E-state index in [2.05, 4.69) is 19.1 Å². The smallest absolute Gasteiger partial charge is 0.233 e. The molecule has 0 fully saturated rings. The molecule has 0 atom stereocenters. The highest BCUT2D eigenvalue weighted by Gasteiger charge is 2.19. The first-order valence-corrected chi connectivity index (χ1v) is 9.51. The zero-order valence-corrected chi connectivity index (χ0v) is 15.5. The van der Waals surface area contributed by atoms with E-state index in [9.17, 15) is 4.79 Å². The standard InChI is InChI=1S/C20H23NO3S/c1-3-21(19(22)14-25-18-10-5-4-7-15(18)2)13-16-8-6-9-17-20(16)24-12-11-23-17/h4-10H,3,11-14H2,1-2H3. The van der Waals surface area contributed by atoms with E-state index in [1.165, 1.54) is 5.56 Å². The third-order valence-corrected chi connectivity index (χ3v) is 5.35. The van der Waals surface area contributed by atoms with Gasteiger partial charge in [-0.25, -0.2) is 0 Å². The van der Waals surface area contributed by atoms with E-state index >= 15 is 0 Å². The number of rotatable bonds is 6. The summed E-state index contributed by atoms with van der Waals surface area (Å²) in [5.74, 6) is 2.10. The van der Waals surface area contributed by atoms with E-state index < -0.39 is 0 Å². The van der Waals surface area contributed by atoms with Gasteiger partial charge in [-0.15, -0.1) is 11.8 Å². The second kappa shape index (κ2) is 8.30. The number of hydrogen-bond acceptors (Lipinski definition) is 4. The maximum atomic E-state index is 12.7. The molecule has 132 valence electrons. The molecule has 3 rings (SSSR count). The molecule has 0 saturated carbocycles. The lowest BCUT2D eigenvalue weighted by atomic mass is 10.1. The number of nitrogens with zero attached hydrogens (tertiary/aromatic N) is 1. The van der Waals surface area contributed by atoms with Crippen molar-refractivity contribution in [3.05, 3.63) is 53.6 Å². The van der Waals surface area contributed by atoms with Crippen molar-refractivity contribution in [1.82, 2.24) is 4.90 Å². The van der Waals surface area contributed by atoms with Gasteiger partial charge in [0.1, 0.15) is 13.2 Å². The fraction of sp³-hybridized carbons (Fsp3) is 0.350. The summed E-state index contributed by atoms with van der Waals surface area (Å²) in [7, 11) is 0. The SMILES string of the molecule is CCN(Cc1cccc2c1OCCO2)C(=O)CSc1ccccc1C. The Kier molecular flexibility index (Phi) is 5.87. The van der Waals surface area contributed by atoms with Gasteiger partial charge in [-0.2, -0.15) is 0 Å². The van der Waals surface area contributed by atoms with Crippen molar-refractivity contribution in [2.45, 2.75) is 25.3 Å². The van der Waals surface area contributed by atoms with Crippen LogP contribution in [0.4, 0.5) is 0 Å². The summed E-state index contributed by atoms with van der Waals surface area (Å²) >= 11 is 1.59. The number of fused-ring (bicyclic) bond motifs is 1. The van der Waals surface area contributed by atoms with Crippen LogP contribution in [0.5, 0.6) is 11.5 Å². The average Bonchev–Trinajstić information content (AvgIpc) is 2.65. The molecule has 0 bridgehead atoms. The van der Waals surface area contributed by atoms with E-state index in [0.717, 1.165) is 22.0 Å². The molecule has 0 aromatic heterocycles. The summed E-state index contributed by atoms with van der Waals surface area (Å²) in [5, 5.41) is 0. The van der Waals surface area contributed by atoms with E-state index in [1.807, 2.05) is 42.2 Å². The Balaban J connectivity index is 1.66. The monoisotopic (exact) mass is 357 g/mol. The number of hydrogen-bond donors (Lipinski definition) is 0. The van der Waals surface area contributed by atoms with Crippen LogP contribution >= 0.6 is 11.8 Å². The summed E-state index contributed by atoms with van der Waals surface area (Å²) in [4.78, 5) is 15.7. The van der Waals surface area contributed by atoms with Crippen molar-refractivity contribution < 1.29 is 14.3 Å². The first kappa shape index (κ1) is 17.7. The molecule has 1 heterocycles. The Morgan fingerprint density at radius 1 is 1.12 bits per heavy atom. The molecule has 0 unspecified atom stereocenters. The fourth-order valence-electron chi connectivity index (χ4n) is 2.79. The molecule has 1 amide bonds. The van der Waals surface area contributed by atoms with Crippen molar-refractivity contribution in [2.24, 2.45) is 0 Å². The van der Waals surface area contributed by atoms with Crippen LogP contribution in [0.25, 0.3) is 0 Å². The number of ether oxygens (including phenoxy) is 2. The Morgan fingerprint density at radius 3 is 2.72 bits per heavy atom. The molecule has 0 radical (unpaired) electrons. The summed E-state index contributed by atoms with van der Waals surface area (Å²) in [6, 6.07) is 14.0. The molecular weight excluding hydrogens is 334 g/mol. The van der Waals surface area contributed by atoms with Gasteiger partial charge in [0.2, 0.25) is 5.91 Å². The Bertz CT molecular complexity index is 747. The van der Waals surface area contributed by atoms with E-state index in [-0.39, 0.29) is 5.91 Å².